The first-order valence-corrected chi connectivity index (χ1v) is 6.28. The SMILES string of the molecule is Cc1cc(SC(C)C(N)=O)nc2ccccc12. The number of rotatable bonds is 3. The Kier molecular flexibility index (Phi) is 3.33. The van der Waals surface area contributed by atoms with Crippen molar-refractivity contribution >= 4 is 28.6 Å². The molecule has 0 spiro atoms. The van der Waals surface area contributed by atoms with Gasteiger partial charge in [0.2, 0.25) is 5.91 Å². The van der Waals surface area contributed by atoms with Crippen LogP contribution in [-0.4, -0.2) is 16.1 Å². The maximum atomic E-state index is 11.0. The highest BCUT2D eigenvalue weighted by Crippen LogP contribution is 2.26. The van der Waals surface area contributed by atoms with Gasteiger partial charge in [-0.2, -0.15) is 0 Å². The lowest BCUT2D eigenvalue weighted by molar-refractivity contribution is -0.117. The molecule has 0 aliphatic heterocycles. The molecular formula is C13H14N2OS. The largest absolute Gasteiger partial charge is 0.369 e. The molecule has 0 saturated heterocycles. The maximum absolute atomic E-state index is 11.0. The van der Waals surface area contributed by atoms with Crippen molar-refractivity contribution < 1.29 is 4.79 Å². The Hall–Kier alpha value is -1.55. The summed E-state index contributed by atoms with van der Waals surface area (Å²) in [5, 5.41) is 1.72. The van der Waals surface area contributed by atoms with Crippen LogP contribution >= 0.6 is 11.8 Å². The standard InChI is InChI=1S/C13H14N2OS/c1-8-7-12(17-9(2)13(14)16)15-11-6-4-3-5-10(8)11/h3-7,9H,1-2H3,(H2,14,16). The molecule has 0 radical (unpaired) electrons. The summed E-state index contributed by atoms with van der Waals surface area (Å²) >= 11 is 1.40. The van der Waals surface area contributed by atoms with Crippen molar-refractivity contribution in [3.05, 3.63) is 35.9 Å². The van der Waals surface area contributed by atoms with E-state index in [0.717, 1.165) is 21.5 Å². The molecular weight excluding hydrogens is 232 g/mol. The number of primary amides is 1. The van der Waals surface area contributed by atoms with Gasteiger partial charge in [-0.25, -0.2) is 4.98 Å². The number of para-hydroxylation sites is 1. The molecule has 1 heterocycles. The minimum Gasteiger partial charge on any atom is -0.369 e. The summed E-state index contributed by atoms with van der Waals surface area (Å²) in [6, 6.07) is 9.97. The van der Waals surface area contributed by atoms with Crippen LogP contribution in [0.2, 0.25) is 0 Å². The summed E-state index contributed by atoms with van der Waals surface area (Å²) in [6.07, 6.45) is 0. The topological polar surface area (TPSA) is 56.0 Å². The van der Waals surface area contributed by atoms with Gasteiger partial charge in [0.15, 0.2) is 0 Å². The number of aryl methyl sites for hydroxylation is 1. The van der Waals surface area contributed by atoms with Gasteiger partial charge in [0.25, 0.3) is 0 Å². The van der Waals surface area contributed by atoms with Gasteiger partial charge in [0, 0.05) is 5.39 Å². The van der Waals surface area contributed by atoms with Gasteiger partial charge in [-0.05, 0) is 31.5 Å². The molecule has 0 saturated carbocycles. The number of aromatic nitrogens is 1. The zero-order chi connectivity index (χ0) is 12.4. The molecule has 0 bridgehead atoms. The van der Waals surface area contributed by atoms with E-state index in [1.807, 2.05) is 37.3 Å². The van der Waals surface area contributed by atoms with Gasteiger partial charge < -0.3 is 5.73 Å². The van der Waals surface area contributed by atoms with E-state index in [1.54, 1.807) is 6.92 Å². The van der Waals surface area contributed by atoms with Crippen LogP contribution in [0.3, 0.4) is 0 Å². The van der Waals surface area contributed by atoms with Crippen LogP contribution in [0.1, 0.15) is 12.5 Å². The number of pyridine rings is 1. The Morgan fingerprint density at radius 1 is 1.41 bits per heavy atom. The smallest absolute Gasteiger partial charge is 0.230 e. The van der Waals surface area contributed by atoms with Gasteiger partial charge in [-0.3, -0.25) is 4.79 Å². The molecule has 17 heavy (non-hydrogen) atoms. The number of fused-ring (bicyclic) bond motifs is 1. The van der Waals surface area contributed by atoms with E-state index >= 15 is 0 Å². The number of nitrogens with zero attached hydrogens (tertiary/aromatic N) is 1. The molecule has 4 heteroatoms. The summed E-state index contributed by atoms with van der Waals surface area (Å²) < 4.78 is 0. The molecule has 2 rings (SSSR count). The Balaban J connectivity index is 2.40. The van der Waals surface area contributed by atoms with Gasteiger partial charge in [0.1, 0.15) is 0 Å². The summed E-state index contributed by atoms with van der Waals surface area (Å²) in [4.78, 5) is 15.5. The Morgan fingerprint density at radius 2 is 2.12 bits per heavy atom. The molecule has 0 aliphatic rings. The molecule has 0 aliphatic carbocycles. The lowest BCUT2D eigenvalue weighted by atomic mass is 10.1. The predicted octanol–water partition coefficient (Wildman–Crippen LogP) is 2.51. The number of benzene rings is 1. The first kappa shape index (κ1) is 11.9. The van der Waals surface area contributed by atoms with E-state index in [1.165, 1.54) is 11.8 Å². The summed E-state index contributed by atoms with van der Waals surface area (Å²) in [5.41, 5.74) is 7.36. The van der Waals surface area contributed by atoms with E-state index in [-0.39, 0.29) is 11.2 Å². The third-order valence-corrected chi connectivity index (χ3v) is 3.63. The van der Waals surface area contributed by atoms with Gasteiger partial charge in [0.05, 0.1) is 15.8 Å². The van der Waals surface area contributed by atoms with Crippen LogP contribution in [0.15, 0.2) is 35.4 Å². The number of thioether (sulfide) groups is 1. The van der Waals surface area contributed by atoms with Crippen LogP contribution in [0.4, 0.5) is 0 Å². The molecule has 1 amide bonds. The van der Waals surface area contributed by atoms with E-state index < -0.39 is 0 Å². The van der Waals surface area contributed by atoms with E-state index in [9.17, 15) is 4.79 Å². The average molecular weight is 246 g/mol. The highest BCUT2D eigenvalue weighted by atomic mass is 32.2. The molecule has 1 unspecified atom stereocenters. The normalized spacial score (nSPS) is 12.6. The monoisotopic (exact) mass is 246 g/mol. The van der Waals surface area contributed by atoms with Crippen molar-refractivity contribution in [3.8, 4) is 0 Å². The molecule has 1 aromatic carbocycles. The maximum Gasteiger partial charge on any atom is 0.230 e. The minimum absolute atomic E-state index is 0.261. The molecule has 0 fully saturated rings. The number of carbonyl (C=O) groups is 1. The van der Waals surface area contributed by atoms with Gasteiger partial charge in [-0.1, -0.05) is 30.0 Å². The number of amides is 1. The Bertz CT molecular complexity index is 568. The number of nitrogens with two attached hydrogens (primary N) is 1. The number of carbonyl (C=O) groups excluding carboxylic acids is 1. The number of hydrogen-bond acceptors (Lipinski definition) is 3. The average Bonchev–Trinajstić information content (AvgIpc) is 2.29. The molecule has 2 aromatic rings. The van der Waals surface area contributed by atoms with Crippen molar-refractivity contribution in [2.24, 2.45) is 5.73 Å². The molecule has 1 atom stereocenters. The van der Waals surface area contributed by atoms with Crippen molar-refractivity contribution in [1.29, 1.82) is 0 Å². The van der Waals surface area contributed by atoms with Gasteiger partial charge >= 0.3 is 0 Å². The summed E-state index contributed by atoms with van der Waals surface area (Å²) in [5.74, 6) is -0.317. The lowest BCUT2D eigenvalue weighted by Gasteiger charge is -2.08. The fourth-order valence-corrected chi connectivity index (χ4v) is 2.49. The van der Waals surface area contributed by atoms with Crippen LogP contribution in [0, 0.1) is 6.92 Å². The van der Waals surface area contributed by atoms with E-state index in [0.29, 0.717) is 0 Å². The quantitative estimate of drug-likeness (QED) is 0.847. The first-order valence-electron chi connectivity index (χ1n) is 5.40. The molecule has 1 aromatic heterocycles. The Morgan fingerprint density at radius 3 is 2.82 bits per heavy atom. The number of hydrogen-bond donors (Lipinski definition) is 1. The first-order chi connectivity index (χ1) is 8.08. The molecule has 2 N–H and O–H groups in total. The second-order valence-corrected chi connectivity index (χ2v) is 5.32. The third kappa shape index (κ3) is 2.58. The van der Waals surface area contributed by atoms with Crippen LogP contribution in [-0.2, 0) is 4.79 Å². The second kappa shape index (κ2) is 4.75. The van der Waals surface area contributed by atoms with Crippen LogP contribution in [0.25, 0.3) is 10.9 Å². The summed E-state index contributed by atoms with van der Waals surface area (Å²) in [6.45, 7) is 3.84. The highest BCUT2D eigenvalue weighted by molar-refractivity contribution is 8.00. The van der Waals surface area contributed by atoms with Crippen molar-refractivity contribution in [2.45, 2.75) is 24.1 Å². The van der Waals surface area contributed by atoms with E-state index in [2.05, 4.69) is 4.98 Å². The zero-order valence-electron chi connectivity index (χ0n) is 9.81. The Labute approximate surface area is 104 Å². The molecule has 3 nitrogen and oxygen atoms in total. The van der Waals surface area contributed by atoms with Crippen molar-refractivity contribution in [1.82, 2.24) is 4.98 Å². The van der Waals surface area contributed by atoms with Crippen LogP contribution in [0.5, 0.6) is 0 Å². The van der Waals surface area contributed by atoms with Gasteiger partial charge in [-0.15, -0.1) is 0 Å². The van der Waals surface area contributed by atoms with Crippen LogP contribution < -0.4 is 5.73 Å². The highest BCUT2D eigenvalue weighted by Gasteiger charge is 2.12. The zero-order valence-corrected chi connectivity index (χ0v) is 10.6. The second-order valence-electron chi connectivity index (χ2n) is 3.96. The van der Waals surface area contributed by atoms with Crippen molar-refractivity contribution in [3.63, 3.8) is 0 Å². The van der Waals surface area contributed by atoms with Crippen molar-refractivity contribution in [2.75, 3.05) is 0 Å². The summed E-state index contributed by atoms with van der Waals surface area (Å²) in [7, 11) is 0. The molecule has 88 valence electrons. The minimum atomic E-state index is -0.317. The predicted molar refractivity (Wildman–Crippen MR) is 71.0 cm³/mol. The fourth-order valence-electron chi connectivity index (χ4n) is 1.62. The third-order valence-electron chi connectivity index (χ3n) is 2.60. The lowest BCUT2D eigenvalue weighted by Crippen LogP contribution is -2.22. The van der Waals surface area contributed by atoms with E-state index in [4.69, 9.17) is 5.73 Å². The fraction of sp³-hybridized carbons (Fsp3) is 0.231.